The van der Waals surface area contributed by atoms with Crippen LogP contribution in [0.2, 0.25) is 0 Å². The minimum atomic E-state index is -0.293. The molecule has 0 unspecified atom stereocenters. The highest BCUT2D eigenvalue weighted by Gasteiger charge is 2.08. The summed E-state index contributed by atoms with van der Waals surface area (Å²) < 4.78 is 0. The Morgan fingerprint density at radius 2 is 1.97 bits per heavy atom. The van der Waals surface area contributed by atoms with Crippen LogP contribution >= 0.6 is 0 Å². The summed E-state index contributed by atoms with van der Waals surface area (Å²) in [6.07, 6.45) is 1.71. The summed E-state index contributed by atoms with van der Waals surface area (Å²) in [5, 5.41) is 6.57. The maximum Gasteiger partial charge on any atom is 0.315 e. The Hall–Kier alpha value is -3.79. The minimum absolute atomic E-state index is 0.293. The molecule has 0 aliphatic carbocycles. The van der Waals surface area contributed by atoms with Crippen molar-refractivity contribution in [3.63, 3.8) is 0 Å². The van der Waals surface area contributed by atoms with Crippen LogP contribution in [-0.2, 0) is 11.3 Å². The molecule has 0 atom stereocenters. The number of urea groups is 1. The van der Waals surface area contributed by atoms with Crippen LogP contribution in [0.15, 0.2) is 48.7 Å². The van der Waals surface area contributed by atoms with Crippen molar-refractivity contribution in [2.75, 3.05) is 20.1 Å². The van der Waals surface area contributed by atoms with Crippen LogP contribution in [-0.4, -0.2) is 46.9 Å². The molecular weight excluding hydrogens is 366 g/mol. The highest BCUT2D eigenvalue weighted by molar-refractivity contribution is 5.94. The zero-order valence-electron chi connectivity index (χ0n) is 16.5. The van der Waals surface area contributed by atoms with Crippen molar-refractivity contribution in [2.45, 2.75) is 13.5 Å². The first-order valence-electron chi connectivity index (χ1n) is 9.30. The maximum absolute atomic E-state index is 12.0. The van der Waals surface area contributed by atoms with Crippen LogP contribution in [0.3, 0.4) is 0 Å². The van der Waals surface area contributed by atoms with Crippen molar-refractivity contribution in [2.24, 2.45) is 0 Å². The fourth-order valence-electron chi connectivity index (χ4n) is 2.79. The first-order chi connectivity index (χ1) is 14.0. The Bertz CT molecular complexity index is 1060. The number of H-pyrrole nitrogens is 1. The fraction of sp³-hybridized carbons (Fsp3) is 0.227. The predicted octanol–water partition coefficient (Wildman–Crippen LogP) is 2.18. The SMILES string of the molecule is Cc1cc2c(CNC(=O)NCCN(C)C(=O)C#Cc3ccccc3)ccnc2[nH]1. The van der Waals surface area contributed by atoms with E-state index < -0.39 is 0 Å². The number of pyridine rings is 1. The van der Waals surface area contributed by atoms with E-state index in [-0.39, 0.29) is 11.9 Å². The number of benzene rings is 1. The average molecular weight is 389 g/mol. The van der Waals surface area contributed by atoms with Crippen molar-refractivity contribution >= 4 is 23.0 Å². The van der Waals surface area contributed by atoms with Gasteiger partial charge in [-0.05, 0) is 36.8 Å². The first kappa shape index (κ1) is 20.0. The number of hydrogen-bond acceptors (Lipinski definition) is 3. The zero-order chi connectivity index (χ0) is 20.6. The van der Waals surface area contributed by atoms with Crippen LogP contribution in [0.4, 0.5) is 4.79 Å². The van der Waals surface area contributed by atoms with E-state index in [0.717, 1.165) is 27.9 Å². The number of carbonyl (C=O) groups is 2. The number of hydrogen-bond donors (Lipinski definition) is 3. The van der Waals surface area contributed by atoms with Gasteiger partial charge in [0.1, 0.15) is 5.65 Å². The van der Waals surface area contributed by atoms with Gasteiger partial charge in [0.2, 0.25) is 0 Å². The van der Waals surface area contributed by atoms with E-state index in [1.54, 1.807) is 13.2 Å². The number of fused-ring (bicyclic) bond motifs is 1. The number of likely N-dealkylation sites (N-methyl/N-ethyl adjacent to an activating group) is 1. The van der Waals surface area contributed by atoms with Crippen molar-refractivity contribution in [3.8, 4) is 11.8 Å². The largest absolute Gasteiger partial charge is 0.344 e. The normalized spacial score (nSPS) is 10.1. The van der Waals surface area contributed by atoms with Crippen LogP contribution < -0.4 is 10.6 Å². The Labute approximate surface area is 169 Å². The third kappa shape index (κ3) is 5.59. The molecule has 0 saturated carbocycles. The quantitative estimate of drug-likeness (QED) is 0.584. The van der Waals surface area contributed by atoms with Crippen molar-refractivity contribution in [1.82, 2.24) is 25.5 Å². The molecule has 7 heteroatoms. The topological polar surface area (TPSA) is 90.1 Å². The summed E-state index contributed by atoms with van der Waals surface area (Å²) in [6, 6.07) is 12.9. The molecule has 0 fully saturated rings. The maximum atomic E-state index is 12.0. The smallest absolute Gasteiger partial charge is 0.315 e. The molecule has 29 heavy (non-hydrogen) atoms. The van der Waals surface area contributed by atoms with Gasteiger partial charge in [-0.1, -0.05) is 24.1 Å². The molecule has 0 spiro atoms. The molecule has 7 nitrogen and oxygen atoms in total. The number of nitrogens with zero attached hydrogens (tertiary/aromatic N) is 2. The summed E-state index contributed by atoms with van der Waals surface area (Å²) in [5.74, 6) is 5.14. The summed E-state index contributed by atoms with van der Waals surface area (Å²) in [4.78, 5) is 33.0. The van der Waals surface area contributed by atoms with Gasteiger partial charge in [-0.15, -0.1) is 0 Å². The van der Waals surface area contributed by atoms with Gasteiger partial charge in [0, 0.05) is 55.4 Å². The highest BCUT2D eigenvalue weighted by Crippen LogP contribution is 2.17. The molecule has 3 aromatic rings. The third-order valence-corrected chi connectivity index (χ3v) is 4.36. The van der Waals surface area contributed by atoms with Crippen LogP contribution in [0.25, 0.3) is 11.0 Å². The molecule has 2 aromatic heterocycles. The number of aromatic nitrogens is 2. The number of nitrogens with one attached hydrogen (secondary N) is 3. The lowest BCUT2D eigenvalue weighted by molar-refractivity contribution is -0.123. The van der Waals surface area contributed by atoms with Crippen molar-refractivity contribution in [3.05, 3.63) is 65.5 Å². The molecule has 0 aliphatic heterocycles. The van der Waals surface area contributed by atoms with Gasteiger partial charge in [0.15, 0.2) is 0 Å². The Balaban J connectivity index is 1.42. The Kier molecular flexibility index (Phi) is 6.48. The fourth-order valence-corrected chi connectivity index (χ4v) is 2.79. The van der Waals surface area contributed by atoms with E-state index in [4.69, 9.17) is 0 Å². The predicted molar refractivity (Wildman–Crippen MR) is 112 cm³/mol. The second-order valence-corrected chi connectivity index (χ2v) is 6.64. The van der Waals surface area contributed by atoms with E-state index in [2.05, 4.69) is 32.4 Å². The van der Waals surface area contributed by atoms with Crippen LogP contribution in [0.5, 0.6) is 0 Å². The standard InChI is InChI=1S/C22H23N5O2/c1-16-14-19-18(10-11-23-21(19)26-16)15-25-22(29)24-12-13-27(2)20(28)9-8-17-6-4-3-5-7-17/h3-7,10-11,14H,12-13,15H2,1-2H3,(H,23,26)(H2,24,25,29). The average Bonchev–Trinajstić information content (AvgIpc) is 3.11. The molecule has 0 bridgehead atoms. The molecule has 0 radical (unpaired) electrons. The number of rotatable bonds is 5. The van der Waals surface area contributed by atoms with E-state index in [1.807, 2.05) is 49.4 Å². The molecule has 2 heterocycles. The van der Waals surface area contributed by atoms with E-state index in [9.17, 15) is 9.59 Å². The lowest BCUT2D eigenvalue weighted by atomic mass is 10.2. The van der Waals surface area contributed by atoms with E-state index in [1.165, 1.54) is 4.90 Å². The van der Waals surface area contributed by atoms with Gasteiger partial charge < -0.3 is 20.5 Å². The summed E-state index contributed by atoms with van der Waals surface area (Å²) >= 11 is 0. The summed E-state index contributed by atoms with van der Waals surface area (Å²) in [5.41, 5.74) is 3.60. The van der Waals surface area contributed by atoms with Crippen molar-refractivity contribution < 1.29 is 9.59 Å². The lowest BCUT2D eigenvalue weighted by Crippen LogP contribution is -2.40. The van der Waals surface area contributed by atoms with Gasteiger partial charge in [0.05, 0.1) is 0 Å². The Morgan fingerprint density at radius 1 is 1.17 bits per heavy atom. The molecule has 3 amide bonds. The van der Waals surface area contributed by atoms with Gasteiger partial charge in [-0.3, -0.25) is 4.79 Å². The number of carbonyl (C=O) groups excluding carboxylic acids is 2. The van der Waals surface area contributed by atoms with Crippen LogP contribution in [0, 0.1) is 18.8 Å². The summed E-state index contributed by atoms with van der Waals surface area (Å²) in [7, 11) is 1.66. The number of aryl methyl sites for hydroxylation is 1. The molecule has 3 rings (SSSR count). The third-order valence-electron chi connectivity index (χ3n) is 4.36. The monoisotopic (exact) mass is 389 g/mol. The second kappa shape index (κ2) is 9.42. The first-order valence-corrected chi connectivity index (χ1v) is 9.30. The number of amides is 3. The lowest BCUT2D eigenvalue weighted by Gasteiger charge is -2.14. The molecule has 1 aromatic carbocycles. The molecule has 0 saturated heterocycles. The molecule has 0 aliphatic rings. The van der Waals surface area contributed by atoms with Gasteiger partial charge >= 0.3 is 6.03 Å². The second-order valence-electron chi connectivity index (χ2n) is 6.64. The van der Waals surface area contributed by atoms with Gasteiger partial charge in [0.25, 0.3) is 5.91 Å². The zero-order valence-corrected chi connectivity index (χ0v) is 16.5. The summed E-state index contributed by atoms with van der Waals surface area (Å²) in [6.45, 7) is 3.05. The van der Waals surface area contributed by atoms with Crippen LogP contribution in [0.1, 0.15) is 16.8 Å². The van der Waals surface area contributed by atoms with E-state index in [0.29, 0.717) is 19.6 Å². The van der Waals surface area contributed by atoms with E-state index >= 15 is 0 Å². The highest BCUT2D eigenvalue weighted by atomic mass is 16.2. The Morgan fingerprint density at radius 3 is 2.76 bits per heavy atom. The molecule has 3 N–H and O–H groups in total. The molecular formula is C22H23N5O2. The van der Waals surface area contributed by atoms with Gasteiger partial charge in [-0.25, -0.2) is 9.78 Å². The van der Waals surface area contributed by atoms with Gasteiger partial charge in [-0.2, -0.15) is 0 Å². The number of aromatic amines is 1. The van der Waals surface area contributed by atoms with Crippen molar-refractivity contribution in [1.29, 1.82) is 0 Å². The molecule has 148 valence electrons. The minimum Gasteiger partial charge on any atom is -0.344 e.